The van der Waals surface area contributed by atoms with Crippen molar-refractivity contribution in [2.45, 2.75) is 31.5 Å². The molecule has 1 aromatic heterocycles. The average molecular weight is 253 g/mol. The first-order valence-corrected chi connectivity index (χ1v) is 7.28. The first kappa shape index (κ1) is 12.5. The van der Waals surface area contributed by atoms with Gasteiger partial charge in [-0.3, -0.25) is 4.79 Å². The van der Waals surface area contributed by atoms with Crippen LogP contribution in [-0.4, -0.2) is 28.3 Å². The van der Waals surface area contributed by atoms with Crippen LogP contribution in [0.4, 0.5) is 0 Å². The minimum atomic E-state index is 0.198. The summed E-state index contributed by atoms with van der Waals surface area (Å²) in [7, 11) is 0. The summed E-state index contributed by atoms with van der Waals surface area (Å²) in [4.78, 5) is 15.6. The van der Waals surface area contributed by atoms with Crippen molar-refractivity contribution < 1.29 is 4.79 Å². The van der Waals surface area contributed by atoms with Crippen LogP contribution in [0.2, 0.25) is 0 Å². The van der Waals surface area contributed by atoms with Crippen LogP contribution < -0.4 is 5.32 Å². The highest BCUT2D eigenvalue weighted by Crippen LogP contribution is 2.25. The first-order valence-electron chi connectivity index (χ1n) is 6.06. The smallest absolute Gasteiger partial charge is 0.220 e. The summed E-state index contributed by atoms with van der Waals surface area (Å²) in [6.07, 6.45) is 7.70. The van der Waals surface area contributed by atoms with E-state index in [0.29, 0.717) is 18.3 Å². The number of nitrogens with one attached hydrogen (secondary N) is 1. The van der Waals surface area contributed by atoms with Gasteiger partial charge < -0.3 is 9.88 Å². The maximum absolute atomic E-state index is 11.3. The molecule has 1 fully saturated rings. The van der Waals surface area contributed by atoms with Crippen molar-refractivity contribution in [2.75, 3.05) is 12.8 Å². The minimum Gasteiger partial charge on any atom is -0.356 e. The number of imidazole rings is 1. The van der Waals surface area contributed by atoms with Crippen LogP contribution in [0.5, 0.6) is 0 Å². The highest BCUT2D eigenvalue weighted by atomic mass is 32.2. The Hall–Kier alpha value is -0.970. The Morgan fingerprint density at radius 2 is 2.53 bits per heavy atom. The third-order valence-corrected chi connectivity index (χ3v) is 4.20. The fourth-order valence-corrected chi connectivity index (χ4v) is 2.99. The van der Waals surface area contributed by atoms with E-state index in [1.54, 1.807) is 11.8 Å². The van der Waals surface area contributed by atoms with E-state index in [1.165, 1.54) is 0 Å². The summed E-state index contributed by atoms with van der Waals surface area (Å²) in [5.74, 6) is 1.22. The molecule has 1 aromatic rings. The molecule has 4 nitrogen and oxygen atoms in total. The summed E-state index contributed by atoms with van der Waals surface area (Å²) in [5.41, 5.74) is 0. The first-order chi connectivity index (χ1) is 8.24. The summed E-state index contributed by atoms with van der Waals surface area (Å²) >= 11 is 1.67. The molecule has 17 heavy (non-hydrogen) atoms. The van der Waals surface area contributed by atoms with Gasteiger partial charge in [-0.15, -0.1) is 0 Å². The Balaban J connectivity index is 2.02. The molecule has 1 amide bonds. The van der Waals surface area contributed by atoms with E-state index in [-0.39, 0.29) is 5.91 Å². The van der Waals surface area contributed by atoms with Crippen molar-refractivity contribution >= 4 is 17.7 Å². The van der Waals surface area contributed by atoms with Gasteiger partial charge in [-0.25, -0.2) is 4.98 Å². The Kier molecular flexibility index (Phi) is 4.10. The van der Waals surface area contributed by atoms with E-state index in [1.807, 2.05) is 18.6 Å². The van der Waals surface area contributed by atoms with E-state index in [9.17, 15) is 4.79 Å². The lowest BCUT2D eigenvalue weighted by Gasteiger charge is -2.21. The van der Waals surface area contributed by atoms with Crippen molar-refractivity contribution in [1.82, 2.24) is 14.9 Å². The number of nitrogens with zero attached hydrogens (tertiary/aromatic N) is 2. The molecule has 0 saturated carbocycles. The molecule has 0 radical (unpaired) electrons. The Morgan fingerprint density at radius 3 is 3.12 bits per heavy atom. The van der Waals surface area contributed by atoms with Gasteiger partial charge in [-0.05, 0) is 18.1 Å². The van der Waals surface area contributed by atoms with E-state index in [2.05, 4.69) is 21.8 Å². The zero-order valence-electron chi connectivity index (χ0n) is 10.3. The maximum atomic E-state index is 11.3. The molecule has 94 valence electrons. The van der Waals surface area contributed by atoms with Crippen LogP contribution in [0.3, 0.4) is 0 Å². The van der Waals surface area contributed by atoms with Crippen molar-refractivity contribution in [2.24, 2.45) is 11.8 Å². The second-order valence-corrected chi connectivity index (χ2v) is 5.28. The molecular formula is C12H19N3OS. The van der Waals surface area contributed by atoms with Crippen molar-refractivity contribution in [1.29, 1.82) is 0 Å². The number of rotatable bonds is 5. The zero-order chi connectivity index (χ0) is 12.3. The summed E-state index contributed by atoms with van der Waals surface area (Å²) in [6, 6.07) is 0. The highest BCUT2D eigenvalue weighted by Gasteiger charge is 2.28. The van der Waals surface area contributed by atoms with Crippen molar-refractivity contribution in [3.05, 3.63) is 12.4 Å². The molecule has 1 aliphatic rings. The largest absolute Gasteiger partial charge is 0.356 e. The monoisotopic (exact) mass is 253 g/mol. The number of carbonyl (C=O) groups is 1. The molecule has 0 bridgehead atoms. The Bertz CT molecular complexity index is 391. The summed E-state index contributed by atoms with van der Waals surface area (Å²) in [5, 5.41) is 3.98. The molecule has 2 heterocycles. The second kappa shape index (κ2) is 5.58. The Morgan fingerprint density at radius 1 is 1.71 bits per heavy atom. The lowest BCUT2D eigenvalue weighted by Crippen LogP contribution is -2.22. The zero-order valence-corrected chi connectivity index (χ0v) is 11.2. The number of hydrogen-bond donors (Lipinski definition) is 1. The summed E-state index contributed by atoms with van der Waals surface area (Å²) < 4.78 is 2.20. The van der Waals surface area contributed by atoms with Gasteiger partial charge in [0.2, 0.25) is 5.91 Å². The standard InChI is InChI=1S/C12H19N3OS/c1-3-9(10-6-11(16)14-7-10)8-15-5-4-13-12(15)17-2/h4-5,9-10H,3,6-8H2,1-2H3,(H,14,16). The van der Waals surface area contributed by atoms with Gasteiger partial charge in [0.05, 0.1) is 0 Å². The predicted molar refractivity (Wildman–Crippen MR) is 68.9 cm³/mol. The molecule has 2 rings (SSSR count). The fourth-order valence-electron chi connectivity index (χ4n) is 2.45. The average Bonchev–Trinajstić information content (AvgIpc) is 2.94. The second-order valence-electron chi connectivity index (χ2n) is 4.50. The molecule has 2 unspecified atom stereocenters. The Labute approximate surface area is 106 Å². The molecular weight excluding hydrogens is 234 g/mol. The predicted octanol–water partition coefficient (Wildman–Crippen LogP) is 1.77. The molecule has 2 atom stereocenters. The molecule has 0 spiro atoms. The van der Waals surface area contributed by atoms with Gasteiger partial charge in [0.25, 0.3) is 0 Å². The number of hydrogen-bond acceptors (Lipinski definition) is 3. The van der Waals surface area contributed by atoms with Gasteiger partial charge in [0.1, 0.15) is 0 Å². The van der Waals surface area contributed by atoms with Crippen LogP contribution in [-0.2, 0) is 11.3 Å². The third kappa shape index (κ3) is 2.83. The fraction of sp³-hybridized carbons (Fsp3) is 0.667. The van der Waals surface area contributed by atoms with Crippen molar-refractivity contribution in [3.8, 4) is 0 Å². The van der Waals surface area contributed by atoms with Gasteiger partial charge in [0, 0.05) is 31.9 Å². The lowest BCUT2D eigenvalue weighted by molar-refractivity contribution is -0.119. The third-order valence-electron chi connectivity index (χ3n) is 3.49. The lowest BCUT2D eigenvalue weighted by atomic mass is 9.89. The van der Waals surface area contributed by atoms with E-state index in [0.717, 1.165) is 24.7 Å². The van der Waals surface area contributed by atoms with Crippen LogP contribution in [0, 0.1) is 11.8 Å². The minimum absolute atomic E-state index is 0.198. The quantitative estimate of drug-likeness (QED) is 0.814. The molecule has 5 heteroatoms. The van der Waals surface area contributed by atoms with E-state index in [4.69, 9.17) is 0 Å². The van der Waals surface area contributed by atoms with Crippen molar-refractivity contribution in [3.63, 3.8) is 0 Å². The molecule has 1 aliphatic heterocycles. The van der Waals surface area contributed by atoms with Gasteiger partial charge >= 0.3 is 0 Å². The molecule has 1 saturated heterocycles. The van der Waals surface area contributed by atoms with Gasteiger partial charge in [-0.1, -0.05) is 25.1 Å². The van der Waals surface area contributed by atoms with Gasteiger partial charge in [-0.2, -0.15) is 0 Å². The highest BCUT2D eigenvalue weighted by molar-refractivity contribution is 7.98. The number of aromatic nitrogens is 2. The van der Waals surface area contributed by atoms with Gasteiger partial charge in [0.15, 0.2) is 5.16 Å². The normalized spacial score (nSPS) is 21.5. The SMILES string of the molecule is CCC(Cn1ccnc1SC)C1CNC(=O)C1. The number of carbonyl (C=O) groups excluding carboxylic acids is 1. The molecule has 0 aliphatic carbocycles. The number of thioether (sulfide) groups is 1. The maximum Gasteiger partial charge on any atom is 0.220 e. The van der Waals surface area contributed by atoms with E-state index >= 15 is 0 Å². The molecule has 1 N–H and O–H groups in total. The van der Waals surface area contributed by atoms with Crippen LogP contribution in [0.25, 0.3) is 0 Å². The van der Waals surface area contributed by atoms with Crippen LogP contribution in [0.1, 0.15) is 19.8 Å². The summed E-state index contributed by atoms with van der Waals surface area (Å²) in [6.45, 7) is 4.00. The van der Waals surface area contributed by atoms with Crippen LogP contribution >= 0.6 is 11.8 Å². The van der Waals surface area contributed by atoms with E-state index < -0.39 is 0 Å². The number of amides is 1. The topological polar surface area (TPSA) is 46.9 Å². The van der Waals surface area contributed by atoms with Crippen LogP contribution in [0.15, 0.2) is 17.6 Å². The molecule has 0 aromatic carbocycles.